The molecule has 1 amide bonds. The van der Waals surface area contributed by atoms with Crippen molar-refractivity contribution in [1.82, 2.24) is 14.9 Å². The third kappa shape index (κ3) is 3.08. The zero-order valence-corrected chi connectivity index (χ0v) is 16.1. The Morgan fingerprint density at radius 1 is 1.26 bits per heavy atom. The minimum Gasteiger partial charge on any atom is -0.363 e. The second kappa shape index (κ2) is 6.60. The van der Waals surface area contributed by atoms with Gasteiger partial charge < -0.3 is 10.2 Å². The molecule has 2 aromatic heterocycles. The van der Waals surface area contributed by atoms with Gasteiger partial charge in [0.05, 0.1) is 11.9 Å². The van der Waals surface area contributed by atoms with Crippen LogP contribution in [0.25, 0.3) is 10.2 Å². The van der Waals surface area contributed by atoms with Crippen molar-refractivity contribution in [2.75, 3.05) is 11.9 Å². The number of aromatic nitrogens is 2. The average Bonchev–Trinajstić information content (AvgIpc) is 3.48. The second-order valence-corrected chi connectivity index (χ2v) is 8.55. The lowest BCUT2D eigenvalue weighted by atomic mass is 10.0. The van der Waals surface area contributed by atoms with E-state index in [0.29, 0.717) is 5.91 Å². The maximum absolute atomic E-state index is 12.4. The van der Waals surface area contributed by atoms with Crippen LogP contribution < -0.4 is 5.32 Å². The molecule has 1 fully saturated rings. The molecule has 1 unspecified atom stereocenters. The number of hydrogen-bond acceptors (Lipinski definition) is 5. The first-order valence-electron chi connectivity index (χ1n) is 9.56. The van der Waals surface area contributed by atoms with Crippen LogP contribution in [0, 0.1) is 5.92 Å². The van der Waals surface area contributed by atoms with Gasteiger partial charge in [-0.3, -0.25) is 4.79 Å². The lowest BCUT2D eigenvalue weighted by Crippen LogP contribution is -2.36. The van der Waals surface area contributed by atoms with Gasteiger partial charge in [-0.15, -0.1) is 11.3 Å². The van der Waals surface area contributed by atoms with Crippen molar-refractivity contribution in [3.8, 4) is 0 Å². The zero-order chi connectivity index (χ0) is 18.4. The van der Waals surface area contributed by atoms with Gasteiger partial charge in [-0.1, -0.05) is 30.3 Å². The normalized spacial score (nSPS) is 17.6. The summed E-state index contributed by atoms with van der Waals surface area (Å²) in [5.41, 5.74) is 2.55. The molecule has 3 aromatic rings. The van der Waals surface area contributed by atoms with Crippen molar-refractivity contribution in [3.63, 3.8) is 0 Å². The highest BCUT2D eigenvalue weighted by atomic mass is 32.1. The van der Waals surface area contributed by atoms with Crippen molar-refractivity contribution in [1.29, 1.82) is 0 Å². The largest absolute Gasteiger partial charge is 0.363 e. The van der Waals surface area contributed by atoms with E-state index in [1.165, 1.54) is 16.0 Å². The number of benzene rings is 1. The number of hydrogen-bond donors (Lipinski definition) is 1. The van der Waals surface area contributed by atoms with Crippen LogP contribution >= 0.6 is 11.3 Å². The summed E-state index contributed by atoms with van der Waals surface area (Å²) in [5.74, 6) is 1.51. The van der Waals surface area contributed by atoms with Gasteiger partial charge in [0, 0.05) is 23.4 Å². The van der Waals surface area contributed by atoms with Gasteiger partial charge in [-0.2, -0.15) is 0 Å². The molecular weight excluding hydrogens is 356 g/mol. The van der Waals surface area contributed by atoms with E-state index in [1.54, 1.807) is 17.7 Å². The molecule has 5 nitrogen and oxygen atoms in total. The Kier molecular flexibility index (Phi) is 4.08. The van der Waals surface area contributed by atoms with Crippen LogP contribution in [0.3, 0.4) is 0 Å². The number of rotatable bonds is 4. The molecular formula is C21H22N4OS. The molecule has 6 heteroatoms. The van der Waals surface area contributed by atoms with Crippen molar-refractivity contribution in [3.05, 3.63) is 52.7 Å². The summed E-state index contributed by atoms with van der Waals surface area (Å²) in [6, 6.07) is 10.6. The SMILES string of the molecule is CC(Nc1ncnc2sc3c(c12)CCN(C(=O)C1CC1)C3)c1ccccc1. The molecule has 1 saturated carbocycles. The molecule has 2 aliphatic rings. The molecule has 1 atom stereocenters. The Labute approximate surface area is 162 Å². The minimum absolute atomic E-state index is 0.163. The summed E-state index contributed by atoms with van der Waals surface area (Å²) in [6.45, 7) is 3.67. The number of fused-ring (bicyclic) bond motifs is 3. The highest BCUT2D eigenvalue weighted by molar-refractivity contribution is 7.19. The van der Waals surface area contributed by atoms with Crippen molar-refractivity contribution in [2.24, 2.45) is 5.92 Å². The predicted octanol–water partition coefficient (Wildman–Crippen LogP) is 4.16. The van der Waals surface area contributed by atoms with E-state index in [9.17, 15) is 4.79 Å². The number of carbonyl (C=O) groups excluding carboxylic acids is 1. The number of anilines is 1. The Hall–Kier alpha value is -2.47. The first-order valence-corrected chi connectivity index (χ1v) is 10.4. The maximum Gasteiger partial charge on any atom is 0.226 e. The summed E-state index contributed by atoms with van der Waals surface area (Å²) in [7, 11) is 0. The summed E-state index contributed by atoms with van der Waals surface area (Å²) in [6.07, 6.45) is 4.64. The molecule has 27 heavy (non-hydrogen) atoms. The van der Waals surface area contributed by atoms with Gasteiger partial charge >= 0.3 is 0 Å². The Bertz CT molecular complexity index is 996. The van der Waals surface area contributed by atoms with Gasteiger partial charge in [0.1, 0.15) is 17.0 Å². The second-order valence-electron chi connectivity index (χ2n) is 7.47. The number of nitrogens with one attached hydrogen (secondary N) is 1. The zero-order valence-electron chi connectivity index (χ0n) is 15.3. The molecule has 0 radical (unpaired) electrons. The van der Waals surface area contributed by atoms with Crippen LogP contribution in [-0.2, 0) is 17.8 Å². The fourth-order valence-corrected chi connectivity index (χ4v) is 5.05. The summed E-state index contributed by atoms with van der Waals surface area (Å²) in [5, 5.41) is 4.71. The fourth-order valence-electron chi connectivity index (χ4n) is 3.84. The Balaban J connectivity index is 1.46. The van der Waals surface area contributed by atoms with E-state index in [1.807, 2.05) is 11.0 Å². The average molecular weight is 379 g/mol. The van der Waals surface area contributed by atoms with E-state index < -0.39 is 0 Å². The molecule has 1 N–H and O–H groups in total. The summed E-state index contributed by atoms with van der Waals surface area (Å²) in [4.78, 5) is 25.8. The van der Waals surface area contributed by atoms with Gasteiger partial charge in [-0.25, -0.2) is 9.97 Å². The van der Waals surface area contributed by atoms with E-state index in [4.69, 9.17) is 0 Å². The molecule has 1 aliphatic heterocycles. The van der Waals surface area contributed by atoms with Crippen molar-refractivity contribution >= 4 is 33.3 Å². The van der Waals surface area contributed by atoms with Gasteiger partial charge in [-0.05, 0) is 37.3 Å². The maximum atomic E-state index is 12.4. The van der Waals surface area contributed by atoms with E-state index >= 15 is 0 Å². The van der Waals surface area contributed by atoms with E-state index in [0.717, 1.165) is 48.4 Å². The monoisotopic (exact) mass is 378 g/mol. The first-order chi connectivity index (χ1) is 13.2. The lowest BCUT2D eigenvalue weighted by molar-refractivity contribution is -0.133. The number of thiophene rings is 1. The quantitative estimate of drug-likeness (QED) is 0.741. The standard InChI is InChI=1S/C21H22N4OS/c1-13(14-5-3-2-4-6-14)24-19-18-16-9-10-25(21(26)15-7-8-15)11-17(16)27-20(18)23-12-22-19/h2-6,12-13,15H,7-11H2,1H3,(H,22,23,24). The topological polar surface area (TPSA) is 58.1 Å². The van der Waals surface area contributed by atoms with Crippen molar-refractivity contribution < 1.29 is 4.79 Å². The molecule has 1 aliphatic carbocycles. The first kappa shape index (κ1) is 16.7. The minimum atomic E-state index is 0.163. The van der Waals surface area contributed by atoms with Crippen LogP contribution in [0.15, 0.2) is 36.7 Å². The highest BCUT2D eigenvalue weighted by Gasteiger charge is 2.35. The van der Waals surface area contributed by atoms with Crippen LogP contribution in [0.1, 0.15) is 41.8 Å². The number of carbonyl (C=O) groups is 1. The fraction of sp³-hybridized carbons (Fsp3) is 0.381. The number of nitrogens with zero attached hydrogens (tertiary/aromatic N) is 3. The third-order valence-corrected chi connectivity index (χ3v) is 6.65. The van der Waals surface area contributed by atoms with Crippen LogP contribution in [0.4, 0.5) is 5.82 Å². The molecule has 138 valence electrons. The molecule has 5 rings (SSSR count). The summed E-state index contributed by atoms with van der Waals surface area (Å²) < 4.78 is 0. The lowest BCUT2D eigenvalue weighted by Gasteiger charge is -2.27. The number of amides is 1. The molecule has 1 aromatic carbocycles. The Morgan fingerprint density at radius 2 is 2.07 bits per heavy atom. The van der Waals surface area contributed by atoms with Crippen LogP contribution in [0.2, 0.25) is 0 Å². The third-order valence-electron chi connectivity index (χ3n) is 5.53. The van der Waals surface area contributed by atoms with Gasteiger partial charge in [0.25, 0.3) is 0 Å². The van der Waals surface area contributed by atoms with Crippen molar-refractivity contribution in [2.45, 2.75) is 38.8 Å². The van der Waals surface area contributed by atoms with Crippen LogP contribution in [0.5, 0.6) is 0 Å². The smallest absolute Gasteiger partial charge is 0.226 e. The highest BCUT2D eigenvalue weighted by Crippen LogP contribution is 2.39. The molecule has 3 heterocycles. The van der Waals surface area contributed by atoms with Gasteiger partial charge in [0.2, 0.25) is 5.91 Å². The molecule has 0 spiro atoms. The van der Waals surface area contributed by atoms with E-state index in [2.05, 4.69) is 46.5 Å². The predicted molar refractivity (Wildman–Crippen MR) is 108 cm³/mol. The van der Waals surface area contributed by atoms with Gasteiger partial charge in [0.15, 0.2) is 0 Å². The summed E-state index contributed by atoms with van der Waals surface area (Å²) >= 11 is 1.71. The molecule has 0 saturated heterocycles. The van der Waals surface area contributed by atoms with Crippen LogP contribution in [-0.4, -0.2) is 27.3 Å². The van der Waals surface area contributed by atoms with E-state index in [-0.39, 0.29) is 12.0 Å². The molecule has 0 bridgehead atoms. The Morgan fingerprint density at radius 3 is 2.85 bits per heavy atom.